The maximum atomic E-state index is 13.6. The van der Waals surface area contributed by atoms with Crippen molar-refractivity contribution in [1.82, 2.24) is 10.6 Å². The molecular formula is C14H15FN2O3. The van der Waals surface area contributed by atoms with E-state index in [2.05, 4.69) is 10.6 Å². The van der Waals surface area contributed by atoms with Gasteiger partial charge in [-0.05, 0) is 31.9 Å². The molecule has 1 spiro atoms. The standard InChI is InChI=1S/C14H15FN2O3/c1-8-2-3-10(15)9(6-8)12(18)16-11-4-5-14(7-20-14)17-13(11)19/h2-3,6,11H,4-5,7H2,1H3,(H,16,18)(H,17,19). The number of carbonyl (C=O) groups excluding carboxylic acids is 2. The van der Waals surface area contributed by atoms with E-state index < -0.39 is 23.5 Å². The molecule has 1 aromatic rings. The van der Waals surface area contributed by atoms with Crippen LogP contribution in [-0.2, 0) is 9.53 Å². The fraction of sp³-hybridized carbons (Fsp3) is 0.429. The van der Waals surface area contributed by atoms with E-state index in [-0.39, 0.29) is 11.5 Å². The van der Waals surface area contributed by atoms with Gasteiger partial charge in [0, 0.05) is 0 Å². The number of rotatable bonds is 2. The Hall–Kier alpha value is -1.95. The molecule has 2 fully saturated rings. The summed E-state index contributed by atoms with van der Waals surface area (Å²) in [6.45, 7) is 2.30. The van der Waals surface area contributed by atoms with Gasteiger partial charge in [-0.3, -0.25) is 9.59 Å². The van der Waals surface area contributed by atoms with Gasteiger partial charge in [-0.25, -0.2) is 4.39 Å². The average molecular weight is 278 g/mol. The Morgan fingerprint density at radius 1 is 1.55 bits per heavy atom. The van der Waals surface area contributed by atoms with E-state index in [1.54, 1.807) is 13.0 Å². The number of ether oxygens (including phenoxy) is 1. The molecule has 2 amide bonds. The van der Waals surface area contributed by atoms with Crippen LogP contribution in [0.3, 0.4) is 0 Å². The third-order valence-electron chi connectivity index (χ3n) is 3.67. The molecule has 3 rings (SSSR count). The van der Waals surface area contributed by atoms with Crippen LogP contribution in [0.25, 0.3) is 0 Å². The summed E-state index contributed by atoms with van der Waals surface area (Å²) >= 11 is 0. The van der Waals surface area contributed by atoms with Crippen LogP contribution in [-0.4, -0.2) is 30.2 Å². The van der Waals surface area contributed by atoms with Gasteiger partial charge in [0.2, 0.25) is 5.91 Å². The van der Waals surface area contributed by atoms with Crippen molar-refractivity contribution in [3.8, 4) is 0 Å². The molecule has 0 radical (unpaired) electrons. The van der Waals surface area contributed by atoms with Gasteiger partial charge in [-0.15, -0.1) is 0 Å². The van der Waals surface area contributed by atoms with Crippen LogP contribution >= 0.6 is 0 Å². The lowest BCUT2D eigenvalue weighted by Gasteiger charge is -2.27. The van der Waals surface area contributed by atoms with Crippen molar-refractivity contribution >= 4 is 11.8 Å². The van der Waals surface area contributed by atoms with Crippen molar-refractivity contribution in [2.45, 2.75) is 31.5 Å². The quantitative estimate of drug-likeness (QED) is 0.789. The van der Waals surface area contributed by atoms with E-state index in [9.17, 15) is 14.0 Å². The van der Waals surface area contributed by atoms with Crippen molar-refractivity contribution in [1.29, 1.82) is 0 Å². The Bertz CT molecular complexity index is 584. The summed E-state index contributed by atoms with van der Waals surface area (Å²) in [6, 6.07) is 3.67. The number of aryl methyl sites for hydroxylation is 1. The molecule has 2 atom stereocenters. The van der Waals surface area contributed by atoms with Crippen LogP contribution in [0, 0.1) is 12.7 Å². The van der Waals surface area contributed by atoms with E-state index in [0.717, 1.165) is 5.56 Å². The summed E-state index contributed by atoms with van der Waals surface area (Å²) in [6.07, 6.45) is 1.14. The predicted molar refractivity (Wildman–Crippen MR) is 68.5 cm³/mol. The molecule has 20 heavy (non-hydrogen) atoms. The molecule has 0 aliphatic carbocycles. The molecule has 5 nitrogen and oxygen atoms in total. The summed E-state index contributed by atoms with van der Waals surface area (Å²) in [5, 5.41) is 5.30. The number of piperidine rings is 1. The average Bonchev–Trinajstić information content (AvgIpc) is 3.15. The molecule has 106 valence electrons. The largest absolute Gasteiger partial charge is 0.348 e. The van der Waals surface area contributed by atoms with Gasteiger partial charge in [0.05, 0.1) is 12.2 Å². The number of carbonyl (C=O) groups is 2. The van der Waals surface area contributed by atoms with E-state index in [0.29, 0.717) is 19.4 Å². The summed E-state index contributed by atoms with van der Waals surface area (Å²) < 4.78 is 18.8. The number of epoxide rings is 1. The first-order chi connectivity index (χ1) is 9.49. The minimum absolute atomic E-state index is 0.0410. The van der Waals surface area contributed by atoms with Crippen molar-refractivity contribution in [3.63, 3.8) is 0 Å². The van der Waals surface area contributed by atoms with Crippen molar-refractivity contribution in [3.05, 3.63) is 35.1 Å². The van der Waals surface area contributed by atoms with Crippen LogP contribution in [0.4, 0.5) is 4.39 Å². The minimum Gasteiger partial charge on any atom is -0.348 e. The number of halogens is 1. The van der Waals surface area contributed by atoms with Crippen molar-refractivity contribution in [2.24, 2.45) is 0 Å². The monoisotopic (exact) mass is 278 g/mol. The van der Waals surface area contributed by atoms with E-state index in [4.69, 9.17) is 4.74 Å². The highest BCUT2D eigenvalue weighted by molar-refractivity contribution is 5.98. The van der Waals surface area contributed by atoms with Gasteiger partial charge >= 0.3 is 0 Å². The van der Waals surface area contributed by atoms with E-state index in [1.165, 1.54) is 12.1 Å². The second kappa shape index (κ2) is 4.56. The molecule has 2 aliphatic rings. The highest BCUT2D eigenvalue weighted by Gasteiger charge is 2.50. The smallest absolute Gasteiger partial charge is 0.254 e. The number of hydrogen-bond donors (Lipinski definition) is 2. The SMILES string of the molecule is Cc1ccc(F)c(C(=O)NC2CCC3(CO3)NC2=O)c1. The maximum Gasteiger partial charge on any atom is 0.254 e. The van der Waals surface area contributed by atoms with Crippen LogP contribution in [0.2, 0.25) is 0 Å². The van der Waals surface area contributed by atoms with Gasteiger partial charge < -0.3 is 15.4 Å². The molecule has 2 heterocycles. The lowest BCUT2D eigenvalue weighted by molar-refractivity contribution is -0.127. The topological polar surface area (TPSA) is 70.7 Å². The van der Waals surface area contributed by atoms with E-state index in [1.807, 2.05) is 0 Å². The lowest BCUT2D eigenvalue weighted by Crippen LogP contribution is -2.55. The molecule has 2 aliphatic heterocycles. The zero-order valence-electron chi connectivity index (χ0n) is 11.0. The molecule has 0 saturated carbocycles. The number of hydrogen-bond acceptors (Lipinski definition) is 3. The first kappa shape index (κ1) is 13.1. The van der Waals surface area contributed by atoms with Gasteiger partial charge in [0.25, 0.3) is 5.91 Å². The van der Waals surface area contributed by atoms with Gasteiger partial charge in [0.15, 0.2) is 5.72 Å². The summed E-state index contributed by atoms with van der Waals surface area (Å²) in [4.78, 5) is 23.9. The molecule has 2 unspecified atom stereocenters. The first-order valence-corrected chi connectivity index (χ1v) is 6.52. The Labute approximate surface area is 115 Å². The number of amides is 2. The van der Waals surface area contributed by atoms with Crippen LogP contribution in [0.5, 0.6) is 0 Å². The summed E-state index contributed by atoms with van der Waals surface area (Å²) in [5.41, 5.74) is 0.239. The second-order valence-electron chi connectivity index (χ2n) is 5.32. The highest BCUT2D eigenvalue weighted by Crippen LogP contribution is 2.32. The Kier molecular flexibility index (Phi) is 2.97. The van der Waals surface area contributed by atoms with Crippen molar-refractivity contribution < 1.29 is 18.7 Å². The Morgan fingerprint density at radius 3 is 2.95 bits per heavy atom. The third-order valence-corrected chi connectivity index (χ3v) is 3.67. The molecule has 0 aromatic heterocycles. The maximum absolute atomic E-state index is 13.6. The van der Waals surface area contributed by atoms with E-state index >= 15 is 0 Å². The van der Waals surface area contributed by atoms with Crippen LogP contribution in [0.1, 0.15) is 28.8 Å². The Balaban J connectivity index is 1.69. The lowest BCUT2D eigenvalue weighted by atomic mass is 10.00. The van der Waals surface area contributed by atoms with Gasteiger partial charge in [0.1, 0.15) is 11.9 Å². The molecule has 2 N–H and O–H groups in total. The highest BCUT2D eigenvalue weighted by atomic mass is 19.1. The van der Waals surface area contributed by atoms with Crippen molar-refractivity contribution in [2.75, 3.05) is 6.61 Å². The molecule has 0 bridgehead atoms. The Morgan fingerprint density at radius 2 is 2.30 bits per heavy atom. The summed E-state index contributed by atoms with van der Waals surface area (Å²) in [5.74, 6) is -1.44. The molecule has 1 aromatic carbocycles. The third kappa shape index (κ3) is 2.38. The van der Waals surface area contributed by atoms with Crippen LogP contribution in [0.15, 0.2) is 18.2 Å². The molecule has 6 heteroatoms. The number of benzene rings is 1. The minimum atomic E-state index is -0.641. The van der Waals surface area contributed by atoms with Gasteiger partial charge in [-0.2, -0.15) is 0 Å². The zero-order valence-corrected chi connectivity index (χ0v) is 11.0. The first-order valence-electron chi connectivity index (χ1n) is 6.52. The van der Waals surface area contributed by atoms with Gasteiger partial charge in [-0.1, -0.05) is 11.6 Å². The second-order valence-corrected chi connectivity index (χ2v) is 5.32. The fourth-order valence-corrected chi connectivity index (χ4v) is 2.37. The predicted octanol–water partition coefficient (Wildman–Crippen LogP) is 0.869. The summed E-state index contributed by atoms with van der Waals surface area (Å²) in [7, 11) is 0. The van der Waals surface area contributed by atoms with Crippen LogP contribution < -0.4 is 10.6 Å². The molecular weight excluding hydrogens is 263 g/mol. The molecule has 2 saturated heterocycles. The fourth-order valence-electron chi connectivity index (χ4n) is 2.37. The normalized spacial score (nSPS) is 28.1. The zero-order chi connectivity index (χ0) is 14.3. The number of nitrogens with one attached hydrogen (secondary N) is 2.